The van der Waals surface area contributed by atoms with Crippen LogP contribution in [0.5, 0.6) is 5.75 Å². The van der Waals surface area contributed by atoms with Crippen LogP contribution in [0.4, 0.5) is 5.69 Å². The number of aryl methyl sites for hydroxylation is 1. The molecular weight excluding hydrogens is 352 g/mol. The van der Waals surface area contributed by atoms with Crippen LogP contribution in [0.15, 0.2) is 52.9 Å². The van der Waals surface area contributed by atoms with Crippen molar-refractivity contribution >= 4 is 5.69 Å². The highest BCUT2D eigenvalue weighted by atomic mass is 16.5. The summed E-state index contributed by atoms with van der Waals surface area (Å²) in [7, 11) is 1.66. The Morgan fingerprint density at radius 3 is 2.43 bits per heavy atom. The Hall–Kier alpha value is -2.86. The predicted octanol–water partition coefficient (Wildman–Crippen LogP) is 2.52. The van der Waals surface area contributed by atoms with E-state index in [1.807, 2.05) is 24.3 Å². The van der Waals surface area contributed by atoms with Crippen LogP contribution in [0.3, 0.4) is 0 Å². The zero-order valence-corrected chi connectivity index (χ0v) is 16.7. The van der Waals surface area contributed by atoms with Gasteiger partial charge in [0.05, 0.1) is 33.3 Å². The van der Waals surface area contributed by atoms with Crippen molar-refractivity contribution in [3.05, 3.63) is 60.0 Å². The fourth-order valence-corrected chi connectivity index (χ4v) is 3.82. The van der Waals surface area contributed by atoms with Gasteiger partial charge in [0.1, 0.15) is 5.75 Å². The Bertz CT molecular complexity index is 914. The van der Waals surface area contributed by atoms with Gasteiger partial charge in [-0.1, -0.05) is 18.2 Å². The van der Waals surface area contributed by atoms with Crippen LogP contribution in [0.1, 0.15) is 24.4 Å². The first-order chi connectivity index (χ1) is 13.7. The number of rotatable bonds is 5. The summed E-state index contributed by atoms with van der Waals surface area (Å²) in [5.41, 5.74) is 3.58. The summed E-state index contributed by atoms with van der Waals surface area (Å²) in [6.45, 7) is 8.51. The molecule has 0 spiro atoms. The fraction of sp³-hybridized carbons (Fsp3) is 0.364. The average Bonchev–Trinajstić information content (AvgIpc) is 3.24. The second kappa shape index (κ2) is 8.02. The molecule has 1 atom stereocenters. The predicted molar refractivity (Wildman–Crippen MR) is 109 cm³/mol. The molecule has 6 nitrogen and oxygen atoms in total. The molecular formula is C22H27N4O2+. The molecule has 1 fully saturated rings. The molecule has 0 aliphatic carbocycles. The second-order valence-electron chi connectivity index (χ2n) is 7.33. The summed E-state index contributed by atoms with van der Waals surface area (Å²) in [6.07, 6.45) is 0. The number of anilines is 1. The van der Waals surface area contributed by atoms with Crippen molar-refractivity contribution < 1.29 is 14.1 Å². The van der Waals surface area contributed by atoms with E-state index >= 15 is 0 Å². The molecule has 28 heavy (non-hydrogen) atoms. The van der Waals surface area contributed by atoms with Crippen LogP contribution in [0.25, 0.3) is 11.5 Å². The average molecular weight is 379 g/mol. The summed E-state index contributed by atoms with van der Waals surface area (Å²) >= 11 is 0. The van der Waals surface area contributed by atoms with Crippen molar-refractivity contribution in [3.63, 3.8) is 0 Å². The molecule has 3 aromatic rings. The highest BCUT2D eigenvalue weighted by Crippen LogP contribution is 2.23. The van der Waals surface area contributed by atoms with E-state index in [1.54, 1.807) is 7.11 Å². The topological polar surface area (TPSA) is 55.8 Å². The number of hydrogen-bond acceptors (Lipinski definition) is 5. The van der Waals surface area contributed by atoms with Crippen LogP contribution in [0, 0.1) is 6.92 Å². The summed E-state index contributed by atoms with van der Waals surface area (Å²) in [5, 5.41) is 8.57. The molecule has 0 saturated carbocycles. The number of piperazine rings is 1. The van der Waals surface area contributed by atoms with Gasteiger partial charge in [-0.05, 0) is 49.7 Å². The zero-order valence-electron chi connectivity index (χ0n) is 16.7. The molecule has 0 bridgehead atoms. The maximum Gasteiger partial charge on any atom is 0.274 e. The van der Waals surface area contributed by atoms with Crippen LogP contribution >= 0.6 is 0 Å². The number of aromatic nitrogens is 2. The monoisotopic (exact) mass is 379 g/mol. The maximum atomic E-state index is 5.99. The van der Waals surface area contributed by atoms with Gasteiger partial charge < -0.3 is 19.0 Å². The van der Waals surface area contributed by atoms with Gasteiger partial charge in [-0.15, -0.1) is 10.2 Å². The molecule has 1 aromatic heterocycles. The largest absolute Gasteiger partial charge is 0.497 e. The minimum absolute atomic E-state index is 0.179. The lowest BCUT2D eigenvalue weighted by Crippen LogP contribution is -3.14. The number of hydrogen-bond donors (Lipinski definition) is 1. The summed E-state index contributed by atoms with van der Waals surface area (Å²) in [4.78, 5) is 3.96. The van der Waals surface area contributed by atoms with E-state index in [0.717, 1.165) is 37.5 Å². The Morgan fingerprint density at radius 1 is 1.04 bits per heavy atom. The van der Waals surface area contributed by atoms with E-state index in [1.165, 1.54) is 16.2 Å². The lowest BCUT2D eigenvalue weighted by atomic mass is 10.1. The van der Waals surface area contributed by atoms with Crippen LogP contribution < -0.4 is 14.5 Å². The summed E-state index contributed by atoms with van der Waals surface area (Å²) in [6, 6.07) is 16.5. The third-order valence-corrected chi connectivity index (χ3v) is 5.62. The Morgan fingerprint density at radius 2 is 1.75 bits per heavy atom. The van der Waals surface area contributed by atoms with Gasteiger partial charge in [0.15, 0.2) is 6.04 Å². The molecule has 0 unspecified atom stereocenters. The highest BCUT2D eigenvalue weighted by molar-refractivity contribution is 5.54. The van der Waals surface area contributed by atoms with Gasteiger partial charge in [0, 0.05) is 11.3 Å². The van der Waals surface area contributed by atoms with Crippen molar-refractivity contribution in [2.75, 3.05) is 38.2 Å². The van der Waals surface area contributed by atoms with E-state index in [-0.39, 0.29) is 6.04 Å². The highest BCUT2D eigenvalue weighted by Gasteiger charge is 2.29. The SMILES string of the molecule is COc1ccc(-c2nnc([C@H](C)[NH+]3CCN(c4ccccc4C)CC3)o2)cc1. The molecule has 6 heteroatoms. The number of nitrogens with zero attached hydrogens (tertiary/aromatic N) is 3. The van der Waals surface area contributed by atoms with Gasteiger partial charge >= 0.3 is 0 Å². The van der Waals surface area contributed by atoms with E-state index in [9.17, 15) is 0 Å². The molecule has 146 valence electrons. The van der Waals surface area contributed by atoms with Gasteiger partial charge in [-0.3, -0.25) is 0 Å². The Kier molecular flexibility index (Phi) is 5.30. The van der Waals surface area contributed by atoms with Gasteiger partial charge in [0.25, 0.3) is 5.89 Å². The second-order valence-corrected chi connectivity index (χ2v) is 7.33. The molecule has 1 aliphatic heterocycles. The van der Waals surface area contributed by atoms with Gasteiger partial charge in [0.2, 0.25) is 5.89 Å². The minimum Gasteiger partial charge on any atom is -0.497 e. The number of para-hydroxylation sites is 1. The standard InChI is InChI=1S/C22H26N4O2/c1-16-6-4-5-7-20(16)26-14-12-25(13-15-26)17(2)21-23-24-22(28-21)18-8-10-19(27-3)11-9-18/h4-11,17H,12-15H2,1-3H3/p+1/t17-/m0/s1. The lowest BCUT2D eigenvalue weighted by molar-refractivity contribution is -0.931. The van der Waals surface area contributed by atoms with Crippen molar-refractivity contribution in [2.45, 2.75) is 19.9 Å². The molecule has 0 amide bonds. The van der Waals surface area contributed by atoms with E-state index in [0.29, 0.717) is 11.8 Å². The van der Waals surface area contributed by atoms with Crippen LogP contribution in [-0.2, 0) is 0 Å². The molecule has 1 aliphatic rings. The normalized spacial score (nSPS) is 16.2. The maximum absolute atomic E-state index is 5.99. The first-order valence-corrected chi connectivity index (χ1v) is 9.78. The summed E-state index contributed by atoms with van der Waals surface area (Å²) < 4.78 is 11.2. The molecule has 1 N–H and O–H groups in total. The van der Waals surface area contributed by atoms with Crippen molar-refractivity contribution in [3.8, 4) is 17.2 Å². The van der Waals surface area contributed by atoms with E-state index < -0.39 is 0 Å². The van der Waals surface area contributed by atoms with Crippen LogP contribution in [0.2, 0.25) is 0 Å². The van der Waals surface area contributed by atoms with Crippen molar-refractivity contribution in [1.82, 2.24) is 10.2 Å². The summed E-state index contributed by atoms with van der Waals surface area (Å²) in [5.74, 6) is 2.07. The first kappa shape index (κ1) is 18.5. The first-order valence-electron chi connectivity index (χ1n) is 9.78. The minimum atomic E-state index is 0.179. The molecule has 2 heterocycles. The van der Waals surface area contributed by atoms with Crippen molar-refractivity contribution in [2.24, 2.45) is 0 Å². The van der Waals surface area contributed by atoms with Crippen LogP contribution in [-0.4, -0.2) is 43.5 Å². The Labute approximate surface area is 165 Å². The lowest BCUT2D eigenvalue weighted by Gasteiger charge is -2.36. The van der Waals surface area contributed by atoms with Crippen molar-refractivity contribution in [1.29, 1.82) is 0 Å². The molecule has 2 aromatic carbocycles. The number of ether oxygens (including phenoxy) is 1. The van der Waals surface area contributed by atoms with Gasteiger partial charge in [-0.25, -0.2) is 0 Å². The molecule has 1 saturated heterocycles. The van der Waals surface area contributed by atoms with Gasteiger partial charge in [-0.2, -0.15) is 0 Å². The molecule has 4 rings (SSSR count). The smallest absolute Gasteiger partial charge is 0.274 e. The van der Waals surface area contributed by atoms with E-state index in [4.69, 9.17) is 9.15 Å². The fourth-order valence-electron chi connectivity index (χ4n) is 3.82. The number of nitrogens with one attached hydrogen (secondary N) is 1. The number of quaternary nitrogens is 1. The zero-order chi connectivity index (χ0) is 19.5. The van der Waals surface area contributed by atoms with E-state index in [2.05, 4.69) is 53.2 Å². The third kappa shape index (κ3) is 3.73. The quantitative estimate of drug-likeness (QED) is 0.738. The third-order valence-electron chi connectivity index (χ3n) is 5.62. The Balaban J connectivity index is 1.41. The number of benzene rings is 2. The number of methoxy groups -OCH3 is 1. The molecule has 0 radical (unpaired) electrons.